The number of alkyl halides is 1. The number of carbonyl (C=O) groups excluding carboxylic acids is 1. The number of rotatable bonds is 8. The van der Waals surface area contributed by atoms with Crippen LogP contribution < -0.4 is 15.2 Å². The van der Waals surface area contributed by atoms with Crippen molar-refractivity contribution >= 4 is 26.8 Å². The van der Waals surface area contributed by atoms with Gasteiger partial charge in [0.15, 0.2) is 11.6 Å². The van der Waals surface area contributed by atoms with Gasteiger partial charge < -0.3 is 24.9 Å². The molecule has 0 spiro atoms. The molecule has 3 N–H and O–H groups in total. The number of amides is 1. The molecule has 5 rings (SSSR count). The van der Waals surface area contributed by atoms with Crippen molar-refractivity contribution < 1.29 is 36.2 Å². The standard InChI is InChI=1S/C25H22F2N4O6S/c26-19-11-17(13-31-24(19)36-14-25(27)5-8-35-9-6-25)38(33,34)20-3-1-2-18(22(28)32)21(20)37-16-10-15-4-7-29-23(15)30-12-16/h1-4,7,10-13H,5-6,8-9,14H2,(H2,28,32)(H,29,30). The Morgan fingerprint density at radius 2 is 1.95 bits per heavy atom. The molecule has 0 unspecified atom stereocenters. The number of H-pyrrole nitrogens is 1. The zero-order valence-electron chi connectivity index (χ0n) is 19.8. The number of carbonyl (C=O) groups is 1. The molecule has 1 fully saturated rings. The largest absolute Gasteiger partial charge is 0.472 e. The number of hydrogen-bond donors (Lipinski definition) is 2. The lowest BCUT2D eigenvalue weighted by Crippen LogP contribution is -2.37. The van der Waals surface area contributed by atoms with Crippen LogP contribution in [0.4, 0.5) is 8.78 Å². The van der Waals surface area contributed by atoms with Gasteiger partial charge in [0.25, 0.3) is 11.8 Å². The van der Waals surface area contributed by atoms with E-state index in [2.05, 4.69) is 15.0 Å². The Morgan fingerprint density at radius 1 is 1.16 bits per heavy atom. The number of nitrogens with one attached hydrogen (secondary N) is 1. The first-order chi connectivity index (χ1) is 18.2. The van der Waals surface area contributed by atoms with Gasteiger partial charge in [0.1, 0.15) is 28.6 Å². The van der Waals surface area contributed by atoms with Gasteiger partial charge >= 0.3 is 0 Å². The minimum atomic E-state index is -4.47. The van der Waals surface area contributed by atoms with E-state index in [1.807, 2.05) is 0 Å². The highest BCUT2D eigenvalue weighted by Crippen LogP contribution is 2.37. The predicted octanol–water partition coefficient (Wildman–Crippen LogP) is 3.72. The maximum absolute atomic E-state index is 14.8. The quantitative estimate of drug-likeness (QED) is 0.341. The number of fused-ring (bicyclic) bond motifs is 1. The summed E-state index contributed by atoms with van der Waals surface area (Å²) in [4.78, 5) is 22.0. The molecular formula is C25H22F2N4O6S. The van der Waals surface area contributed by atoms with Crippen LogP contribution in [0, 0.1) is 5.82 Å². The van der Waals surface area contributed by atoms with E-state index in [1.54, 1.807) is 18.3 Å². The Balaban J connectivity index is 1.47. The van der Waals surface area contributed by atoms with Crippen LogP contribution in [-0.2, 0) is 14.6 Å². The predicted molar refractivity (Wildman–Crippen MR) is 130 cm³/mol. The minimum absolute atomic E-state index is 0.0899. The Hall–Kier alpha value is -4.10. The van der Waals surface area contributed by atoms with Gasteiger partial charge in [-0.1, -0.05) is 6.07 Å². The lowest BCUT2D eigenvalue weighted by molar-refractivity contribution is -0.0337. The first-order valence-corrected chi connectivity index (χ1v) is 13.0. The summed E-state index contributed by atoms with van der Waals surface area (Å²) in [6.07, 6.45) is 4.08. The number of sulfone groups is 1. The maximum atomic E-state index is 14.8. The van der Waals surface area contributed by atoms with Gasteiger partial charge in [-0.25, -0.2) is 27.2 Å². The van der Waals surface area contributed by atoms with Crippen molar-refractivity contribution in [2.45, 2.75) is 28.3 Å². The average molecular weight is 545 g/mol. The van der Waals surface area contributed by atoms with Gasteiger partial charge in [0, 0.05) is 43.7 Å². The zero-order chi connectivity index (χ0) is 26.9. The van der Waals surface area contributed by atoms with Crippen LogP contribution in [0.1, 0.15) is 23.2 Å². The van der Waals surface area contributed by atoms with Crippen LogP contribution in [0.3, 0.4) is 0 Å². The molecule has 1 aliphatic rings. The summed E-state index contributed by atoms with van der Waals surface area (Å²) >= 11 is 0. The van der Waals surface area contributed by atoms with Crippen molar-refractivity contribution in [3.05, 3.63) is 66.4 Å². The van der Waals surface area contributed by atoms with E-state index in [9.17, 15) is 22.0 Å². The Kier molecular flexibility index (Phi) is 6.71. The number of halogens is 2. The number of primary amides is 1. The molecule has 1 aromatic carbocycles. The molecule has 3 aromatic heterocycles. The Morgan fingerprint density at radius 3 is 2.68 bits per heavy atom. The van der Waals surface area contributed by atoms with Gasteiger partial charge in [0.05, 0.1) is 22.9 Å². The van der Waals surface area contributed by atoms with Crippen LogP contribution in [-0.4, -0.2) is 54.8 Å². The van der Waals surface area contributed by atoms with Crippen molar-refractivity contribution in [1.29, 1.82) is 0 Å². The van der Waals surface area contributed by atoms with Crippen LogP contribution in [0.2, 0.25) is 0 Å². The molecule has 0 radical (unpaired) electrons. The first-order valence-electron chi connectivity index (χ1n) is 11.5. The fourth-order valence-electron chi connectivity index (χ4n) is 3.99. The van der Waals surface area contributed by atoms with Crippen molar-refractivity contribution in [3.63, 3.8) is 0 Å². The van der Waals surface area contributed by atoms with Crippen LogP contribution in [0.15, 0.2) is 64.8 Å². The van der Waals surface area contributed by atoms with Crippen molar-refractivity contribution in [2.75, 3.05) is 19.8 Å². The highest BCUT2D eigenvalue weighted by atomic mass is 32.2. The van der Waals surface area contributed by atoms with Crippen molar-refractivity contribution in [3.8, 4) is 17.4 Å². The number of aromatic amines is 1. The number of nitrogens with zero attached hydrogens (tertiary/aromatic N) is 2. The summed E-state index contributed by atoms with van der Waals surface area (Å²) in [6, 6.07) is 7.84. The summed E-state index contributed by atoms with van der Waals surface area (Å²) in [5.74, 6) is -2.79. The number of para-hydroxylation sites is 1. The van der Waals surface area contributed by atoms with Crippen LogP contribution in [0.25, 0.3) is 11.0 Å². The molecule has 198 valence electrons. The van der Waals surface area contributed by atoms with Gasteiger partial charge in [-0.05, 0) is 24.3 Å². The van der Waals surface area contributed by atoms with Gasteiger partial charge in [-0.3, -0.25) is 4.79 Å². The maximum Gasteiger partial charge on any atom is 0.252 e. The normalized spacial score (nSPS) is 15.3. The van der Waals surface area contributed by atoms with Crippen LogP contribution in [0.5, 0.6) is 17.4 Å². The van der Waals surface area contributed by atoms with Gasteiger partial charge in [0.2, 0.25) is 9.84 Å². The topological polar surface area (TPSA) is 146 Å². The van der Waals surface area contributed by atoms with E-state index in [0.717, 1.165) is 6.20 Å². The Labute approximate surface area is 215 Å². The summed E-state index contributed by atoms with van der Waals surface area (Å²) in [5.41, 5.74) is 4.15. The molecule has 1 amide bonds. The molecule has 0 bridgehead atoms. The van der Waals surface area contributed by atoms with E-state index in [4.69, 9.17) is 19.9 Å². The fourth-order valence-corrected chi connectivity index (χ4v) is 5.34. The molecule has 10 nitrogen and oxygen atoms in total. The molecule has 0 aliphatic carbocycles. The zero-order valence-corrected chi connectivity index (χ0v) is 20.6. The van der Waals surface area contributed by atoms with Crippen molar-refractivity contribution in [1.82, 2.24) is 15.0 Å². The van der Waals surface area contributed by atoms with Gasteiger partial charge in [-0.2, -0.15) is 0 Å². The Bertz CT molecular complexity index is 1620. The number of nitrogens with two attached hydrogens (primary N) is 1. The summed E-state index contributed by atoms with van der Waals surface area (Å²) in [5, 5.41) is 0.682. The molecule has 0 atom stereocenters. The molecular weight excluding hydrogens is 522 g/mol. The highest BCUT2D eigenvalue weighted by Gasteiger charge is 2.34. The summed E-state index contributed by atoms with van der Waals surface area (Å²) in [6.45, 7) is -0.0157. The summed E-state index contributed by atoms with van der Waals surface area (Å²) in [7, 11) is -4.47. The highest BCUT2D eigenvalue weighted by molar-refractivity contribution is 7.91. The van der Waals surface area contributed by atoms with Gasteiger partial charge in [-0.15, -0.1) is 0 Å². The van der Waals surface area contributed by atoms with E-state index in [0.29, 0.717) is 17.1 Å². The van der Waals surface area contributed by atoms with Crippen LogP contribution >= 0.6 is 0 Å². The van der Waals surface area contributed by atoms with E-state index in [1.165, 1.54) is 24.4 Å². The molecule has 1 aliphatic heterocycles. The first kappa shape index (κ1) is 25.5. The van der Waals surface area contributed by atoms with E-state index < -0.39 is 49.5 Å². The monoisotopic (exact) mass is 544 g/mol. The second kappa shape index (κ2) is 9.99. The molecule has 0 saturated carbocycles. The summed E-state index contributed by atoms with van der Waals surface area (Å²) < 4.78 is 72.8. The SMILES string of the molecule is NC(=O)c1cccc(S(=O)(=O)c2cnc(OCC3(F)CCOCC3)c(F)c2)c1Oc1cnc2[nH]ccc2c1. The lowest BCUT2D eigenvalue weighted by Gasteiger charge is -2.28. The van der Waals surface area contributed by atoms with E-state index in [-0.39, 0.29) is 43.1 Å². The third kappa shape index (κ3) is 5.02. The number of ether oxygens (including phenoxy) is 3. The van der Waals surface area contributed by atoms with E-state index >= 15 is 0 Å². The average Bonchev–Trinajstić information content (AvgIpc) is 3.36. The number of pyridine rings is 2. The number of hydrogen-bond acceptors (Lipinski definition) is 8. The second-order valence-electron chi connectivity index (χ2n) is 8.70. The van der Waals surface area contributed by atoms with Crippen molar-refractivity contribution in [2.24, 2.45) is 5.73 Å². The number of aromatic nitrogens is 3. The fraction of sp³-hybridized carbons (Fsp3) is 0.240. The molecule has 13 heteroatoms. The molecule has 4 aromatic rings. The molecule has 38 heavy (non-hydrogen) atoms. The lowest BCUT2D eigenvalue weighted by atomic mass is 9.98. The minimum Gasteiger partial charge on any atom is -0.472 e. The third-order valence-electron chi connectivity index (χ3n) is 6.08. The molecule has 4 heterocycles. The smallest absolute Gasteiger partial charge is 0.252 e. The molecule has 1 saturated heterocycles. The third-order valence-corrected chi connectivity index (χ3v) is 7.82. The second-order valence-corrected chi connectivity index (χ2v) is 10.6. The number of benzene rings is 1.